The number of carbonyl (C=O) groups is 2. The van der Waals surface area contributed by atoms with Crippen molar-refractivity contribution in [2.45, 2.75) is 6.92 Å². The number of allylic oxidation sites excluding steroid dienone is 2. The van der Waals surface area contributed by atoms with Crippen molar-refractivity contribution in [3.8, 4) is 0 Å². The maximum atomic E-state index is 11.5. The number of hydrogen-bond acceptors (Lipinski definition) is 3. The molecule has 0 aromatic heterocycles. The standard InChI is InChI=1S/C11H8O2.Na.H2O3S.H/c1-7-6-10(12)8-4-2-3-5-9(8)11(7)13;;1-4(2)3;/h2-6H,1H3;;(H2,1,2,3);/q;+1;;-1. The van der Waals surface area contributed by atoms with Gasteiger partial charge in [0.25, 0.3) is 11.4 Å². The summed E-state index contributed by atoms with van der Waals surface area (Å²) < 4.78 is 22.8. The summed E-state index contributed by atoms with van der Waals surface area (Å²) in [5, 5.41) is 0. The predicted octanol–water partition coefficient (Wildman–Crippen LogP) is -1.19. The molecule has 1 aliphatic carbocycles. The summed E-state index contributed by atoms with van der Waals surface area (Å²) in [5.74, 6) is -0.122. The predicted molar refractivity (Wildman–Crippen MR) is 63.4 cm³/mol. The second-order valence-electron chi connectivity index (χ2n) is 3.30. The van der Waals surface area contributed by atoms with Gasteiger partial charge in [0.2, 0.25) is 0 Å². The molecule has 7 heteroatoms. The van der Waals surface area contributed by atoms with Gasteiger partial charge in [0, 0.05) is 16.7 Å². The molecule has 92 valence electrons. The van der Waals surface area contributed by atoms with Crippen LogP contribution >= 0.6 is 0 Å². The van der Waals surface area contributed by atoms with Crippen LogP contribution in [0.3, 0.4) is 0 Å². The fraction of sp³-hybridized carbons (Fsp3) is 0.0909. The average molecular weight is 278 g/mol. The number of carbonyl (C=O) groups excluding carboxylic acids is 2. The summed E-state index contributed by atoms with van der Waals surface area (Å²) in [6, 6.07) is 6.89. The minimum atomic E-state index is -2.61. The maximum absolute atomic E-state index is 11.5. The normalized spacial score (nSPS) is 13.0. The molecule has 0 radical (unpaired) electrons. The molecule has 2 N–H and O–H groups in total. The fourth-order valence-electron chi connectivity index (χ4n) is 1.45. The van der Waals surface area contributed by atoms with Crippen LogP contribution in [0.4, 0.5) is 0 Å². The Bertz CT molecular complexity index is 526. The average Bonchev–Trinajstić information content (AvgIpc) is 2.25. The zero-order valence-corrected chi connectivity index (χ0v) is 12.7. The van der Waals surface area contributed by atoms with Gasteiger partial charge in [-0.25, -0.2) is 0 Å². The first-order valence-corrected chi connectivity index (χ1v) is 5.66. The maximum Gasteiger partial charge on any atom is 1.00 e. The molecule has 0 spiro atoms. The second-order valence-corrected chi connectivity index (χ2v) is 3.76. The molecule has 18 heavy (non-hydrogen) atoms. The third-order valence-corrected chi connectivity index (χ3v) is 2.14. The van der Waals surface area contributed by atoms with Crippen molar-refractivity contribution in [2.24, 2.45) is 0 Å². The van der Waals surface area contributed by atoms with E-state index in [0.29, 0.717) is 16.7 Å². The van der Waals surface area contributed by atoms with Gasteiger partial charge in [-0.2, -0.15) is 4.21 Å². The van der Waals surface area contributed by atoms with Crippen LogP contribution in [-0.2, 0) is 11.4 Å². The van der Waals surface area contributed by atoms with Crippen LogP contribution in [0.1, 0.15) is 29.1 Å². The summed E-state index contributed by atoms with van der Waals surface area (Å²) in [6.07, 6.45) is 1.39. The van der Waals surface area contributed by atoms with Gasteiger partial charge in [0.1, 0.15) is 0 Å². The van der Waals surface area contributed by atoms with Crippen molar-refractivity contribution in [3.63, 3.8) is 0 Å². The first-order valence-electron chi connectivity index (χ1n) is 4.59. The molecule has 0 fully saturated rings. The van der Waals surface area contributed by atoms with E-state index < -0.39 is 11.4 Å². The van der Waals surface area contributed by atoms with Crippen molar-refractivity contribution in [2.75, 3.05) is 0 Å². The van der Waals surface area contributed by atoms with Gasteiger partial charge < -0.3 is 1.43 Å². The molecule has 5 nitrogen and oxygen atoms in total. The smallest absolute Gasteiger partial charge is 1.00 e. The third-order valence-electron chi connectivity index (χ3n) is 2.14. The molecule has 0 aliphatic heterocycles. The summed E-state index contributed by atoms with van der Waals surface area (Å²) in [4.78, 5) is 23.0. The Hall–Kier alpha value is -0.630. The Labute approximate surface area is 130 Å². The van der Waals surface area contributed by atoms with Gasteiger partial charge in [-0.05, 0) is 13.0 Å². The van der Waals surface area contributed by atoms with Crippen LogP contribution in [0.5, 0.6) is 0 Å². The van der Waals surface area contributed by atoms with Crippen molar-refractivity contribution < 1.29 is 53.9 Å². The number of Topliss-reactive ketones (excluding diaryl/α,β-unsaturated/α-hetero) is 1. The topological polar surface area (TPSA) is 91.7 Å². The first-order chi connectivity index (χ1) is 7.93. The Morgan fingerprint density at radius 1 is 1.11 bits per heavy atom. The molecule has 0 heterocycles. The number of rotatable bonds is 0. The van der Waals surface area contributed by atoms with Gasteiger partial charge >= 0.3 is 29.6 Å². The molecule has 1 aromatic rings. The third kappa shape index (κ3) is 4.56. The molecule has 0 unspecified atom stereocenters. The van der Waals surface area contributed by atoms with E-state index in [0.717, 1.165) is 0 Å². The summed E-state index contributed by atoms with van der Waals surface area (Å²) in [5.41, 5.74) is 1.55. The minimum absolute atomic E-state index is 0. The number of benzene rings is 1. The zero-order valence-electron chi connectivity index (χ0n) is 10.9. The molecular weight excluding hydrogens is 267 g/mol. The van der Waals surface area contributed by atoms with Crippen LogP contribution < -0.4 is 29.6 Å². The molecule has 0 amide bonds. The van der Waals surface area contributed by atoms with Gasteiger partial charge in [-0.15, -0.1) is 0 Å². The Morgan fingerprint density at radius 2 is 1.56 bits per heavy atom. The van der Waals surface area contributed by atoms with Crippen LogP contribution in [-0.4, -0.2) is 24.9 Å². The number of fused-ring (bicyclic) bond motifs is 1. The van der Waals surface area contributed by atoms with E-state index in [1.165, 1.54) is 6.08 Å². The Balaban J connectivity index is 0. The van der Waals surface area contributed by atoms with Crippen molar-refractivity contribution >= 4 is 22.9 Å². The van der Waals surface area contributed by atoms with Crippen molar-refractivity contribution in [1.82, 2.24) is 0 Å². The van der Waals surface area contributed by atoms with Crippen molar-refractivity contribution in [1.29, 1.82) is 0 Å². The quantitative estimate of drug-likeness (QED) is 0.460. The van der Waals surface area contributed by atoms with Crippen LogP contribution in [0.15, 0.2) is 35.9 Å². The van der Waals surface area contributed by atoms with E-state index in [1.807, 2.05) is 0 Å². The summed E-state index contributed by atoms with van der Waals surface area (Å²) in [6.45, 7) is 1.66. The van der Waals surface area contributed by atoms with E-state index in [4.69, 9.17) is 13.3 Å². The summed E-state index contributed by atoms with van der Waals surface area (Å²) >= 11 is -2.61. The fourth-order valence-corrected chi connectivity index (χ4v) is 1.45. The number of hydrogen-bond donors (Lipinski definition) is 2. The van der Waals surface area contributed by atoms with Crippen molar-refractivity contribution in [3.05, 3.63) is 47.0 Å². The summed E-state index contributed by atoms with van der Waals surface area (Å²) in [7, 11) is 0. The Morgan fingerprint density at radius 3 is 2.06 bits per heavy atom. The van der Waals surface area contributed by atoms with Crippen LogP contribution in [0.2, 0.25) is 0 Å². The van der Waals surface area contributed by atoms with E-state index in [-0.39, 0.29) is 42.6 Å². The molecule has 1 aromatic carbocycles. The van der Waals surface area contributed by atoms with Gasteiger partial charge in [0.05, 0.1) is 0 Å². The molecule has 1 aliphatic rings. The molecule has 0 atom stereocenters. The van der Waals surface area contributed by atoms with E-state index in [2.05, 4.69) is 0 Å². The minimum Gasteiger partial charge on any atom is -1.00 e. The zero-order chi connectivity index (χ0) is 13.0. The van der Waals surface area contributed by atoms with Crippen LogP contribution in [0.25, 0.3) is 0 Å². The Kier molecular flexibility index (Phi) is 7.46. The second kappa shape index (κ2) is 7.73. The first kappa shape index (κ1) is 17.4. The van der Waals surface area contributed by atoms with E-state index in [9.17, 15) is 9.59 Å². The molecule has 0 bridgehead atoms. The SMILES string of the molecule is CC1=CC(=O)c2ccccc2C1=O.O=S(O)O.[H-].[Na+]. The van der Waals surface area contributed by atoms with E-state index in [1.54, 1.807) is 31.2 Å². The van der Waals surface area contributed by atoms with Gasteiger partial charge in [0.15, 0.2) is 11.6 Å². The molecule has 0 saturated carbocycles. The molecule has 0 saturated heterocycles. The monoisotopic (exact) mass is 278 g/mol. The largest absolute Gasteiger partial charge is 1.00 e. The van der Waals surface area contributed by atoms with Gasteiger partial charge in [-0.1, -0.05) is 24.3 Å². The van der Waals surface area contributed by atoms with Crippen LogP contribution in [0, 0.1) is 0 Å². The number of ketones is 2. The van der Waals surface area contributed by atoms with Gasteiger partial charge in [-0.3, -0.25) is 18.7 Å². The molecular formula is C11H11NaO5S. The molecule has 2 rings (SSSR count). The van der Waals surface area contributed by atoms with E-state index >= 15 is 0 Å².